The van der Waals surface area contributed by atoms with Gasteiger partial charge in [-0.05, 0) is 13.0 Å². The van der Waals surface area contributed by atoms with Crippen molar-refractivity contribution < 1.29 is 0 Å². The molecule has 1 atom stereocenters. The van der Waals surface area contributed by atoms with E-state index in [0.29, 0.717) is 12.1 Å². The normalized spacial score (nSPS) is 13.4. The maximum Gasteiger partial charge on any atom is 0.0518 e. The number of nitrogens with zero attached hydrogens (tertiary/aromatic N) is 2. The summed E-state index contributed by atoms with van der Waals surface area (Å²) < 4.78 is 1.90. The van der Waals surface area contributed by atoms with E-state index in [2.05, 4.69) is 36.5 Å². The zero-order valence-electron chi connectivity index (χ0n) is 10.1. The summed E-state index contributed by atoms with van der Waals surface area (Å²) in [4.78, 5) is 0. The van der Waals surface area contributed by atoms with Crippen LogP contribution < -0.4 is 10.6 Å². The van der Waals surface area contributed by atoms with Gasteiger partial charge >= 0.3 is 0 Å². The van der Waals surface area contributed by atoms with Gasteiger partial charge < -0.3 is 10.6 Å². The van der Waals surface area contributed by atoms with E-state index in [9.17, 15) is 0 Å². The summed E-state index contributed by atoms with van der Waals surface area (Å²) in [5.41, 5.74) is 1.21. The molecule has 1 aromatic heterocycles. The number of aromatic nitrogens is 2. The average molecular weight is 210 g/mol. The molecule has 1 heterocycles. The first-order chi connectivity index (χ1) is 7.09. The van der Waals surface area contributed by atoms with Crippen LogP contribution in [0.15, 0.2) is 12.3 Å². The molecule has 15 heavy (non-hydrogen) atoms. The number of rotatable bonds is 6. The molecule has 0 aliphatic heterocycles. The first-order valence-corrected chi connectivity index (χ1v) is 5.53. The van der Waals surface area contributed by atoms with E-state index in [1.807, 2.05) is 24.0 Å². The fourth-order valence-corrected chi connectivity index (χ4v) is 1.34. The minimum atomic E-state index is 0.474. The van der Waals surface area contributed by atoms with E-state index in [1.165, 1.54) is 5.69 Å². The van der Waals surface area contributed by atoms with Crippen LogP contribution in [0.3, 0.4) is 0 Å². The number of nitrogens with one attached hydrogen (secondary N) is 2. The third-order valence-corrected chi connectivity index (χ3v) is 2.39. The molecule has 86 valence electrons. The number of hydrogen-bond acceptors (Lipinski definition) is 3. The molecule has 1 rings (SSSR count). The predicted octanol–water partition coefficient (Wildman–Crippen LogP) is 0.896. The molecule has 0 aliphatic carbocycles. The summed E-state index contributed by atoms with van der Waals surface area (Å²) in [7, 11) is 1.97. The van der Waals surface area contributed by atoms with Crippen molar-refractivity contribution in [1.82, 2.24) is 20.4 Å². The van der Waals surface area contributed by atoms with Crippen LogP contribution in [-0.2, 0) is 13.6 Å². The molecule has 0 aliphatic rings. The van der Waals surface area contributed by atoms with E-state index < -0.39 is 0 Å². The van der Waals surface area contributed by atoms with E-state index in [-0.39, 0.29) is 0 Å². The predicted molar refractivity (Wildman–Crippen MR) is 62.6 cm³/mol. The second-order valence-electron chi connectivity index (χ2n) is 4.29. The molecule has 1 aromatic rings. The second-order valence-corrected chi connectivity index (χ2v) is 4.29. The molecule has 0 bridgehead atoms. The molecule has 0 saturated heterocycles. The van der Waals surface area contributed by atoms with Gasteiger partial charge in [-0.2, -0.15) is 5.10 Å². The molecule has 0 radical (unpaired) electrons. The standard InChI is InChI=1S/C11H22N4/c1-9(2)12-7-10(3)13-8-11-5-6-14-15(11)4/h5-6,9-10,12-13H,7-8H2,1-4H3. The van der Waals surface area contributed by atoms with Crippen molar-refractivity contribution >= 4 is 0 Å². The Morgan fingerprint density at radius 1 is 1.33 bits per heavy atom. The third kappa shape index (κ3) is 4.44. The Bertz CT molecular complexity index is 280. The lowest BCUT2D eigenvalue weighted by Crippen LogP contribution is -2.38. The summed E-state index contributed by atoms with van der Waals surface area (Å²) >= 11 is 0. The quantitative estimate of drug-likeness (QED) is 0.733. The van der Waals surface area contributed by atoms with Crippen LogP contribution in [0.25, 0.3) is 0 Å². The lowest BCUT2D eigenvalue weighted by molar-refractivity contribution is 0.466. The Hall–Kier alpha value is -0.870. The van der Waals surface area contributed by atoms with Gasteiger partial charge in [0.05, 0.1) is 5.69 Å². The Labute approximate surface area is 92.1 Å². The van der Waals surface area contributed by atoms with Crippen LogP contribution >= 0.6 is 0 Å². The second kappa shape index (κ2) is 5.88. The lowest BCUT2D eigenvalue weighted by atomic mass is 10.3. The van der Waals surface area contributed by atoms with Crippen molar-refractivity contribution in [1.29, 1.82) is 0 Å². The molecule has 0 amide bonds. The van der Waals surface area contributed by atoms with Gasteiger partial charge in [0.1, 0.15) is 0 Å². The number of hydrogen-bond donors (Lipinski definition) is 2. The van der Waals surface area contributed by atoms with Gasteiger partial charge in [-0.1, -0.05) is 13.8 Å². The van der Waals surface area contributed by atoms with Gasteiger partial charge in [0.25, 0.3) is 0 Å². The van der Waals surface area contributed by atoms with Gasteiger partial charge in [0.2, 0.25) is 0 Å². The zero-order valence-corrected chi connectivity index (χ0v) is 10.1. The lowest BCUT2D eigenvalue weighted by Gasteiger charge is -2.16. The fourth-order valence-electron chi connectivity index (χ4n) is 1.34. The largest absolute Gasteiger partial charge is 0.313 e. The summed E-state index contributed by atoms with van der Waals surface area (Å²) in [5, 5.41) is 11.0. The van der Waals surface area contributed by atoms with E-state index in [4.69, 9.17) is 0 Å². The molecule has 4 nitrogen and oxygen atoms in total. The first kappa shape index (κ1) is 12.2. The van der Waals surface area contributed by atoms with Crippen molar-refractivity contribution in [3.8, 4) is 0 Å². The summed E-state index contributed by atoms with van der Waals surface area (Å²) in [6, 6.07) is 3.06. The van der Waals surface area contributed by atoms with Crippen LogP contribution in [0.4, 0.5) is 0 Å². The molecule has 0 saturated carbocycles. The minimum absolute atomic E-state index is 0.474. The van der Waals surface area contributed by atoms with E-state index in [1.54, 1.807) is 0 Å². The minimum Gasteiger partial charge on any atom is -0.313 e. The van der Waals surface area contributed by atoms with Crippen molar-refractivity contribution in [2.75, 3.05) is 6.54 Å². The molecule has 0 spiro atoms. The topological polar surface area (TPSA) is 41.9 Å². The van der Waals surface area contributed by atoms with Crippen LogP contribution in [0, 0.1) is 0 Å². The van der Waals surface area contributed by atoms with Crippen molar-refractivity contribution in [3.05, 3.63) is 18.0 Å². The maximum absolute atomic E-state index is 4.13. The first-order valence-electron chi connectivity index (χ1n) is 5.53. The third-order valence-electron chi connectivity index (χ3n) is 2.39. The maximum atomic E-state index is 4.13. The van der Waals surface area contributed by atoms with Gasteiger partial charge in [-0.3, -0.25) is 4.68 Å². The molecule has 1 unspecified atom stereocenters. The van der Waals surface area contributed by atoms with Crippen molar-refractivity contribution in [2.24, 2.45) is 7.05 Å². The highest BCUT2D eigenvalue weighted by atomic mass is 15.3. The Morgan fingerprint density at radius 3 is 2.60 bits per heavy atom. The van der Waals surface area contributed by atoms with Crippen LogP contribution in [0.5, 0.6) is 0 Å². The van der Waals surface area contributed by atoms with Crippen LogP contribution in [0.2, 0.25) is 0 Å². The fraction of sp³-hybridized carbons (Fsp3) is 0.727. The van der Waals surface area contributed by atoms with E-state index in [0.717, 1.165) is 13.1 Å². The van der Waals surface area contributed by atoms with Crippen LogP contribution in [0.1, 0.15) is 26.5 Å². The van der Waals surface area contributed by atoms with Crippen LogP contribution in [-0.4, -0.2) is 28.4 Å². The SMILES string of the molecule is CC(C)NCC(C)NCc1ccnn1C. The Kier molecular flexibility index (Phi) is 4.78. The molecular weight excluding hydrogens is 188 g/mol. The molecule has 0 aromatic carbocycles. The average Bonchev–Trinajstić information content (AvgIpc) is 2.58. The zero-order chi connectivity index (χ0) is 11.3. The smallest absolute Gasteiger partial charge is 0.0518 e. The summed E-state index contributed by atoms with van der Waals surface area (Å²) in [6.07, 6.45) is 1.83. The highest BCUT2D eigenvalue weighted by Crippen LogP contribution is 1.95. The molecule has 0 fully saturated rings. The van der Waals surface area contributed by atoms with E-state index >= 15 is 0 Å². The van der Waals surface area contributed by atoms with Crippen molar-refractivity contribution in [2.45, 2.75) is 39.4 Å². The van der Waals surface area contributed by atoms with Gasteiger partial charge in [0, 0.05) is 38.4 Å². The monoisotopic (exact) mass is 210 g/mol. The van der Waals surface area contributed by atoms with Gasteiger partial charge in [-0.25, -0.2) is 0 Å². The summed E-state index contributed by atoms with van der Waals surface area (Å²) in [6.45, 7) is 8.38. The van der Waals surface area contributed by atoms with Gasteiger partial charge in [0.15, 0.2) is 0 Å². The highest BCUT2D eigenvalue weighted by Gasteiger charge is 2.03. The highest BCUT2D eigenvalue weighted by molar-refractivity contribution is 4.99. The number of aryl methyl sites for hydroxylation is 1. The Balaban J connectivity index is 2.22. The molecular formula is C11H22N4. The van der Waals surface area contributed by atoms with Crippen molar-refractivity contribution in [3.63, 3.8) is 0 Å². The Morgan fingerprint density at radius 2 is 2.07 bits per heavy atom. The summed E-state index contributed by atoms with van der Waals surface area (Å²) in [5.74, 6) is 0. The molecule has 2 N–H and O–H groups in total. The van der Waals surface area contributed by atoms with Gasteiger partial charge in [-0.15, -0.1) is 0 Å². The molecule has 4 heteroatoms.